The van der Waals surface area contributed by atoms with Crippen LogP contribution in [0, 0.1) is 0 Å². The summed E-state index contributed by atoms with van der Waals surface area (Å²) in [6.45, 7) is 2.72. The van der Waals surface area contributed by atoms with Gasteiger partial charge in [-0.3, -0.25) is 4.79 Å². The molecule has 0 bridgehead atoms. The summed E-state index contributed by atoms with van der Waals surface area (Å²) >= 11 is 0. The highest BCUT2D eigenvalue weighted by molar-refractivity contribution is 5.65. The number of carbonyl (C=O) groups excluding carboxylic acids is 1. The largest absolute Gasteiger partial charge is 0.464 e. The van der Waals surface area contributed by atoms with Crippen molar-refractivity contribution in [1.29, 1.82) is 0 Å². The van der Waals surface area contributed by atoms with Crippen LogP contribution in [0.5, 0.6) is 0 Å². The summed E-state index contributed by atoms with van der Waals surface area (Å²) in [5.74, 6) is -0.198. The Balaban J connectivity index is 2.01. The number of nitrogens with zero attached hydrogens (tertiary/aromatic N) is 1. The molecule has 0 heterocycles. The zero-order valence-corrected chi connectivity index (χ0v) is 11.7. The third-order valence-electron chi connectivity index (χ3n) is 3.74. The average molecular weight is 261 g/mol. The predicted octanol–water partition coefficient (Wildman–Crippen LogP) is 3.39. The van der Waals surface area contributed by atoms with Crippen LogP contribution in [0.25, 0.3) is 0 Å². The number of benzene rings is 1. The van der Waals surface area contributed by atoms with E-state index in [0.717, 1.165) is 6.54 Å². The fourth-order valence-corrected chi connectivity index (χ4v) is 2.82. The Morgan fingerprint density at radius 2 is 1.89 bits per heavy atom. The first kappa shape index (κ1) is 13.9. The van der Waals surface area contributed by atoms with Gasteiger partial charge in [0.05, 0.1) is 6.54 Å². The topological polar surface area (TPSA) is 29.5 Å². The fourth-order valence-electron chi connectivity index (χ4n) is 2.82. The van der Waals surface area contributed by atoms with Crippen molar-refractivity contribution in [2.45, 2.75) is 45.1 Å². The van der Waals surface area contributed by atoms with Gasteiger partial charge in [-0.25, -0.2) is 0 Å². The summed E-state index contributed by atoms with van der Waals surface area (Å²) in [4.78, 5) is 13.3. The van der Waals surface area contributed by atoms with Gasteiger partial charge in [0, 0.05) is 18.7 Å². The molecule has 2 rings (SSSR count). The van der Waals surface area contributed by atoms with Gasteiger partial charge in [-0.15, -0.1) is 0 Å². The number of carbonyl (C=O) groups is 1. The van der Waals surface area contributed by atoms with Gasteiger partial charge >= 0.3 is 5.97 Å². The van der Waals surface area contributed by atoms with Crippen LogP contribution < -0.4 is 4.90 Å². The smallest absolute Gasteiger partial charge is 0.302 e. The van der Waals surface area contributed by atoms with E-state index in [0.29, 0.717) is 12.6 Å². The monoisotopic (exact) mass is 261 g/mol. The number of para-hydroxylation sites is 1. The Morgan fingerprint density at radius 3 is 2.53 bits per heavy atom. The Hall–Kier alpha value is -1.51. The molecule has 1 aliphatic carbocycles. The lowest BCUT2D eigenvalue weighted by Gasteiger charge is -2.36. The van der Waals surface area contributed by atoms with Crippen molar-refractivity contribution in [2.75, 3.05) is 18.1 Å². The average Bonchev–Trinajstić information content (AvgIpc) is 2.45. The van der Waals surface area contributed by atoms with Crippen LogP contribution in [0.3, 0.4) is 0 Å². The minimum atomic E-state index is -0.198. The number of ether oxygens (including phenoxy) is 1. The number of hydrogen-bond acceptors (Lipinski definition) is 3. The summed E-state index contributed by atoms with van der Waals surface area (Å²) in [7, 11) is 0. The molecule has 0 atom stereocenters. The maximum absolute atomic E-state index is 10.9. The van der Waals surface area contributed by atoms with Crippen LogP contribution in [0.1, 0.15) is 39.0 Å². The maximum Gasteiger partial charge on any atom is 0.302 e. The number of hydrogen-bond donors (Lipinski definition) is 0. The molecular weight excluding hydrogens is 238 g/mol. The molecule has 1 aromatic rings. The van der Waals surface area contributed by atoms with Crippen LogP contribution in [0.4, 0.5) is 5.69 Å². The molecule has 0 unspecified atom stereocenters. The molecule has 0 radical (unpaired) electrons. The second kappa shape index (κ2) is 7.17. The summed E-state index contributed by atoms with van der Waals surface area (Å²) in [5, 5.41) is 0. The quantitative estimate of drug-likeness (QED) is 0.761. The van der Waals surface area contributed by atoms with Crippen LogP contribution in [0.15, 0.2) is 30.3 Å². The van der Waals surface area contributed by atoms with E-state index in [2.05, 4.69) is 29.2 Å². The Bertz CT molecular complexity index is 385. The lowest BCUT2D eigenvalue weighted by Crippen LogP contribution is -2.39. The second-order valence-electron chi connectivity index (χ2n) is 5.16. The number of anilines is 1. The molecule has 0 saturated heterocycles. The Labute approximate surface area is 115 Å². The molecule has 1 aliphatic rings. The molecule has 1 fully saturated rings. The minimum absolute atomic E-state index is 0.198. The van der Waals surface area contributed by atoms with Crippen molar-refractivity contribution in [3.63, 3.8) is 0 Å². The van der Waals surface area contributed by atoms with E-state index in [1.165, 1.54) is 44.7 Å². The van der Waals surface area contributed by atoms with Gasteiger partial charge in [0.1, 0.15) is 6.61 Å². The van der Waals surface area contributed by atoms with E-state index >= 15 is 0 Å². The molecule has 1 aromatic carbocycles. The van der Waals surface area contributed by atoms with E-state index in [4.69, 9.17) is 4.74 Å². The van der Waals surface area contributed by atoms with E-state index in [1.807, 2.05) is 6.07 Å². The number of esters is 1. The molecule has 104 valence electrons. The molecule has 0 amide bonds. The highest BCUT2D eigenvalue weighted by Gasteiger charge is 2.21. The molecule has 0 aliphatic heterocycles. The normalized spacial score (nSPS) is 16.1. The third kappa shape index (κ3) is 4.27. The summed E-state index contributed by atoms with van der Waals surface area (Å²) in [5.41, 5.74) is 1.24. The van der Waals surface area contributed by atoms with Gasteiger partial charge in [0.15, 0.2) is 0 Å². The summed E-state index contributed by atoms with van der Waals surface area (Å²) < 4.78 is 5.10. The minimum Gasteiger partial charge on any atom is -0.464 e. The first-order chi connectivity index (χ1) is 9.27. The first-order valence-corrected chi connectivity index (χ1v) is 7.22. The predicted molar refractivity (Wildman–Crippen MR) is 77.3 cm³/mol. The van der Waals surface area contributed by atoms with Gasteiger partial charge in [0.2, 0.25) is 0 Å². The van der Waals surface area contributed by atoms with Gasteiger partial charge in [-0.2, -0.15) is 0 Å². The highest BCUT2D eigenvalue weighted by atomic mass is 16.5. The molecular formula is C16H23NO2. The van der Waals surface area contributed by atoms with E-state index in [-0.39, 0.29) is 5.97 Å². The van der Waals surface area contributed by atoms with Gasteiger partial charge in [0.25, 0.3) is 0 Å². The van der Waals surface area contributed by atoms with Crippen molar-refractivity contribution < 1.29 is 9.53 Å². The molecule has 0 spiro atoms. The first-order valence-electron chi connectivity index (χ1n) is 7.22. The number of rotatable bonds is 5. The third-order valence-corrected chi connectivity index (χ3v) is 3.74. The van der Waals surface area contributed by atoms with Crippen LogP contribution in [-0.4, -0.2) is 25.2 Å². The van der Waals surface area contributed by atoms with Crippen molar-refractivity contribution in [3.8, 4) is 0 Å². The van der Waals surface area contributed by atoms with Gasteiger partial charge in [-0.1, -0.05) is 37.5 Å². The van der Waals surface area contributed by atoms with E-state index in [9.17, 15) is 4.79 Å². The molecule has 1 saturated carbocycles. The zero-order chi connectivity index (χ0) is 13.5. The lowest BCUT2D eigenvalue weighted by atomic mass is 9.94. The van der Waals surface area contributed by atoms with Crippen LogP contribution >= 0.6 is 0 Å². The van der Waals surface area contributed by atoms with E-state index < -0.39 is 0 Å². The Morgan fingerprint density at radius 1 is 1.21 bits per heavy atom. The van der Waals surface area contributed by atoms with Crippen LogP contribution in [0.2, 0.25) is 0 Å². The van der Waals surface area contributed by atoms with Gasteiger partial charge < -0.3 is 9.64 Å². The SMILES string of the molecule is CC(=O)OCCN(c1ccccc1)C1CCCCC1. The van der Waals surface area contributed by atoms with Crippen molar-refractivity contribution in [3.05, 3.63) is 30.3 Å². The molecule has 0 N–H and O–H groups in total. The van der Waals surface area contributed by atoms with Crippen molar-refractivity contribution in [2.24, 2.45) is 0 Å². The molecule has 3 heteroatoms. The standard InChI is InChI=1S/C16H23NO2/c1-14(18)19-13-12-17(15-8-4-2-5-9-15)16-10-6-3-7-11-16/h2,4-5,8-9,16H,3,6-7,10-13H2,1H3. The van der Waals surface area contributed by atoms with E-state index in [1.54, 1.807) is 0 Å². The lowest BCUT2D eigenvalue weighted by molar-refractivity contribution is -0.140. The van der Waals surface area contributed by atoms with Crippen molar-refractivity contribution >= 4 is 11.7 Å². The van der Waals surface area contributed by atoms with Crippen molar-refractivity contribution in [1.82, 2.24) is 0 Å². The highest BCUT2D eigenvalue weighted by Crippen LogP contribution is 2.26. The van der Waals surface area contributed by atoms with Crippen LogP contribution in [-0.2, 0) is 9.53 Å². The van der Waals surface area contributed by atoms with Gasteiger partial charge in [-0.05, 0) is 25.0 Å². The molecule has 3 nitrogen and oxygen atoms in total. The molecule has 19 heavy (non-hydrogen) atoms. The fraction of sp³-hybridized carbons (Fsp3) is 0.562. The Kier molecular flexibility index (Phi) is 5.25. The zero-order valence-electron chi connectivity index (χ0n) is 11.7. The second-order valence-corrected chi connectivity index (χ2v) is 5.16. The summed E-state index contributed by atoms with van der Waals surface area (Å²) in [6, 6.07) is 11.0. The summed E-state index contributed by atoms with van der Waals surface area (Å²) in [6.07, 6.45) is 6.45. The maximum atomic E-state index is 10.9. The molecule has 0 aromatic heterocycles.